The summed E-state index contributed by atoms with van der Waals surface area (Å²) in [6, 6.07) is 8.00. The van der Waals surface area contributed by atoms with Crippen LogP contribution in [0.25, 0.3) is 0 Å². The van der Waals surface area contributed by atoms with Gasteiger partial charge in [0.05, 0.1) is 13.0 Å². The number of amides is 1. The SMILES string of the molecule is COc1ccc(C(C)C(=O)N2CCNC[C@H]2C)cc1. The molecular formula is C15H22N2O2. The van der Waals surface area contributed by atoms with Crippen molar-refractivity contribution in [1.82, 2.24) is 10.2 Å². The van der Waals surface area contributed by atoms with Crippen molar-refractivity contribution in [3.63, 3.8) is 0 Å². The molecule has 1 amide bonds. The Hall–Kier alpha value is -1.55. The second kappa shape index (κ2) is 6.06. The number of piperazine rings is 1. The minimum absolute atomic E-state index is 0.105. The minimum atomic E-state index is -0.105. The molecule has 2 atom stereocenters. The summed E-state index contributed by atoms with van der Waals surface area (Å²) < 4.78 is 5.14. The third-order valence-electron chi connectivity index (χ3n) is 3.77. The van der Waals surface area contributed by atoms with E-state index in [-0.39, 0.29) is 17.9 Å². The molecule has 0 bridgehead atoms. The van der Waals surface area contributed by atoms with Gasteiger partial charge in [0.25, 0.3) is 0 Å². The second-order valence-electron chi connectivity index (χ2n) is 5.08. The van der Waals surface area contributed by atoms with Gasteiger partial charge in [0.2, 0.25) is 5.91 Å². The summed E-state index contributed by atoms with van der Waals surface area (Å²) in [5.74, 6) is 0.921. The van der Waals surface area contributed by atoms with E-state index in [0.29, 0.717) is 0 Å². The molecule has 2 rings (SSSR count). The zero-order valence-corrected chi connectivity index (χ0v) is 11.8. The fourth-order valence-corrected chi connectivity index (χ4v) is 2.45. The van der Waals surface area contributed by atoms with Crippen molar-refractivity contribution < 1.29 is 9.53 Å². The standard InChI is InChI=1S/C15H22N2O2/c1-11-10-16-8-9-17(11)15(18)12(2)13-4-6-14(19-3)7-5-13/h4-7,11-12,16H,8-10H2,1-3H3/t11-,12?/m1/s1. The van der Waals surface area contributed by atoms with Crippen molar-refractivity contribution in [3.05, 3.63) is 29.8 Å². The van der Waals surface area contributed by atoms with Gasteiger partial charge in [-0.2, -0.15) is 0 Å². The summed E-state index contributed by atoms with van der Waals surface area (Å²) >= 11 is 0. The fourth-order valence-electron chi connectivity index (χ4n) is 2.45. The Morgan fingerprint density at radius 3 is 2.68 bits per heavy atom. The zero-order chi connectivity index (χ0) is 13.8. The molecule has 1 heterocycles. The maximum Gasteiger partial charge on any atom is 0.230 e. The maximum atomic E-state index is 12.5. The number of nitrogens with zero attached hydrogens (tertiary/aromatic N) is 1. The Kier molecular flexibility index (Phi) is 4.43. The van der Waals surface area contributed by atoms with Gasteiger partial charge in [-0.05, 0) is 31.5 Å². The van der Waals surface area contributed by atoms with E-state index >= 15 is 0 Å². The Morgan fingerprint density at radius 1 is 1.42 bits per heavy atom. The first kappa shape index (κ1) is 13.9. The Bertz CT molecular complexity index is 430. The molecule has 1 N–H and O–H groups in total. The second-order valence-corrected chi connectivity index (χ2v) is 5.08. The van der Waals surface area contributed by atoms with Crippen LogP contribution in [0.5, 0.6) is 5.75 Å². The van der Waals surface area contributed by atoms with Gasteiger partial charge in [-0.25, -0.2) is 0 Å². The highest BCUT2D eigenvalue weighted by Crippen LogP contribution is 2.22. The fraction of sp³-hybridized carbons (Fsp3) is 0.533. The third-order valence-corrected chi connectivity index (χ3v) is 3.77. The molecule has 0 saturated carbocycles. The number of hydrogen-bond acceptors (Lipinski definition) is 3. The van der Waals surface area contributed by atoms with Crippen molar-refractivity contribution in [2.45, 2.75) is 25.8 Å². The number of benzene rings is 1. The van der Waals surface area contributed by atoms with Crippen molar-refractivity contribution in [1.29, 1.82) is 0 Å². The molecule has 104 valence electrons. The van der Waals surface area contributed by atoms with E-state index in [1.807, 2.05) is 36.1 Å². The molecule has 1 aromatic rings. The number of carbonyl (C=O) groups is 1. The van der Waals surface area contributed by atoms with Crippen LogP contribution in [0.15, 0.2) is 24.3 Å². The molecule has 0 spiro atoms. The Balaban J connectivity index is 2.08. The largest absolute Gasteiger partial charge is 0.497 e. The van der Waals surface area contributed by atoms with Gasteiger partial charge in [-0.1, -0.05) is 12.1 Å². The van der Waals surface area contributed by atoms with Crippen LogP contribution in [0.4, 0.5) is 0 Å². The van der Waals surface area contributed by atoms with Crippen molar-refractivity contribution in [2.24, 2.45) is 0 Å². The molecule has 1 aliphatic rings. The number of methoxy groups -OCH3 is 1. The summed E-state index contributed by atoms with van der Waals surface area (Å²) in [7, 11) is 1.64. The molecule has 1 saturated heterocycles. The van der Waals surface area contributed by atoms with E-state index in [2.05, 4.69) is 12.2 Å². The summed E-state index contributed by atoms with van der Waals surface area (Å²) in [5.41, 5.74) is 1.04. The molecule has 19 heavy (non-hydrogen) atoms. The number of ether oxygens (including phenoxy) is 1. The van der Waals surface area contributed by atoms with E-state index in [9.17, 15) is 4.79 Å². The van der Waals surface area contributed by atoms with Crippen LogP contribution in [0.3, 0.4) is 0 Å². The van der Waals surface area contributed by atoms with E-state index in [0.717, 1.165) is 30.9 Å². The molecule has 0 radical (unpaired) electrons. The molecule has 0 aromatic heterocycles. The van der Waals surface area contributed by atoms with Crippen LogP contribution in [0.2, 0.25) is 0 Å². The smallest absolute Gasteiger partial charge is 0.230 e. The Labute approximate surface area is 114 Å². The predicted molar refractivity (Wildman–Crippen MR) is 75.5 cm³/mol. The van der Waals surface area contributed by atoms with Gasteiger partial charge < -0.3 is 15.0 Å². The Morgan fingerprint density at radius 2 is 2.11 bits per heavy atom. The van der Waals surface area contributed by atoms with Gasteiger partial charge in [0, 0.05) is 25.7 Å². The minimum Gasteiger partial charge on any atom is -0.497 e. The average Bonchev–Trinajstić information content (AvgIpc) is 2.46. The van der Waals surface area contributed by atoms with Crippen LogP contribution in [0, 0.1) is 0 Å². The first-order valence-corrected chi connectivity index (χ1v) is 6.78. The van der Waals surface area contributed by atoms with Crippen molar-refractivity contribution in [2.75, 3.05) is 26.7 Å². The van der Waals surface area contributed by atoms with E-state index in [4.69, 9.17) is 4.74 Å². The van der Waals surface area contributed by atoms with Crippen molar-refractivity contribution >= 4 is 5.91 Å². The van der Waals surface area contributed by atoms with Crippen LogP contribution >= 0.6 is 0 Å². The summed E-state index contributed by atoms with van der Waals surface area (Å²) in [4.78, 5) is 14.5. The van der Waals surface area contributed by atoms with Crippen LogP contribution in [0.1, 0.15) is 25.3 Å². The topological polar surface area (TPSA) is 41.6 Å². The highest BCUT2D eigenvalue weighted by molar-refractivity contribution is 5.83. The van der Waals surface area contributed by atoms with Crippen molar-refractivity contribution in [3.8, 4) is 5.75 Å². The quantitative estimate of drug-likeness (QED) is 0.900. The molecule has 1 aromatic carbocycles. The third kappa shape index (κ3) is 3.07. The molecular weight excluding hydrogens is 240 g/mol. The normalized spacial score (nSPS) is 21.0. The average molecular weight is 262 g/mol. The van der Waals surface area contributed by atoms with Gasteiger partial charge in [0.1, 0.15) is 5.75 Å². The first-order valence-electron chi connectivity index (χ1n) is 6.78. The number of rotatable bonds is 3. The number of nitrogens with one attached hydrogen (secondary N) is 1. The summed E-state index contributed by atoms with van der Waals surface area (Å²) in [5, 5.41) is 3.30. The lowest BCUT2D eigenvalue weighted by Gasteiger charge is -2.35. The highest BCUT2D eigenvalue weighted by Gasteiger charge is 2.27. The molecule has 1 unspecified atom stereocenters. The van der Waals surface area contributed by atoms with E-state index < -0.39 is 0 Å². The number of hydrogen-bond donors (Lipinski definition) is 1. The van der Waals surface area contributed by atoms with E-state index in [1.165, 1.54) is 0 Å². The van der Waals surface area contributed by atoms with Gasteiger partial charge >= 0.3 is 0 Å². The molecule has 1 aliphatic heterocycles. The molecule has 1 fully saturated rings. The van der Waals surface area contributed by atoms with Gasteiger partial charge in [-0.3, -0.25) is 4.79 Å². The van der Waals surface area contributed by atoms with Gasteiger partial charge in [-0.15, -0.1) is 0 Å². The molecule has 4 nitrogen and oxygen atoms in total. The monoisotopic (exact) mass is 262 g/mol. The highest BCUT2D eigenvalue weighted by atomic mass is 16.5. The van der Waals surface area contributed by atoms with Crippen LogP contribution in [-0.2, 0) is 4.79 Å². The maximum absolute atomic E-state index is 12.5. The summed E-state index contributed by atoms with van der Waals surface area (Å²) in [6.07, 6.45) is 0. The summed E-state index contributed by atoms with van der Waals surface area (Å²) in [6.45, 7) is 6.61. The number of carbonyl (C=O) groups excluding carboxylic acids is 1. The van der Waals surface area contributed by atoms with Crippen LogP contribution < -0.4 is 10.1 Å². The zero-order valence-electron chi connectivity index (χ0n) is 11.8. The lowest BCUT2D eigenvalue weighted by Crippen LogP contribution is -2.53. The predicted octanol–water partition coefficient (Wildman–Crippen LogP) is 1.62. The van der Waals surface area contributed by atoms with E-state index in [1.54, 1.807) is 7.11 Å². The first-order chi connectivity index (χ1) is 9.13. The molecule has 0 aliphatic carbocycles. The van der Waals surface area contributed by atoms with Gasteiger partial charge in [0.15, 0.2) is 0 Å². The molecule has 4 heteroatoms. The lowest BCUT2D eigenvalue weighted by molar-refractivity contribution is -0.135. The lowest BCUT2D eigenvalue weighted by atomic mass is 9.98. The van der Waals surface area contributed by atoms with Crippen LogP contribution in [-0.4, -0.2) is 43.6 Å².